The highest BCUT2D eigenvalue weighted by molar-refractivity contribution is 8.00. The second kappa shape index (κ2) is 7.86. The molecule has 0 spiro atoms. The van der Waals surface area contributed by atoms with Gasteiger partial charge in [0, 0.05) is 23.6 Å². The molecule has 1 amide bonds. The molecule has 0 aromatic heterocycles. The Hall–Kier alpha value is -0.500. The molecule has 2 atom stereocenters. The molecule has 0 unspecified atom stereocenters. The molecule has 0 radical (unpaired) electrons. The SMILES string of the molecule is O=C(CCOCC(F)(F)C(F)F)N1CCS[C@H]2CCCC[C@H]21. The molecule has 0 N–H and O–H groups in total. The minimum atomic E-state index is -4.15. The molecule has 22 heavy (non-hydrogen) atoms. The number of thioether (sulfide) groups is 1. The Balaban J connectivity index is 1.75. The summed E-state index contributed by atoms with van der Waals surface area (Å²) in [5.41, 5.74) is 0. The Morgan fingerprint density at radius 1 is 1.32 bits per heavy atom. The van der Waals surface area contributed by atoms with Crippen molar-refractivity contribution >= 4 is 17.7 Å². The standard InChI is InChI=1S/C14H21F4NO2S/c15-13(16)14(17,18)9-21-7-5-12(20)19-6-8-22-11-4-2-1-3-10(11)19/h10-11,13H,1-9H2/t10-,11+/m1/s1. The van der Waals surface area contributed by atoms with Gasteiger partial charge in [-0.05, 0) is 12.8 Å². The Morgan fingerprint density at radius 3 is 2.77 bits per heavy atom. The molecule has 128 valence electrons. The van der Waals surface area contributed by atoms with Crippen molar-refractivity contribution in [1.29, 1.82) is 0 Å². The lowest BCUT2D eigenvalue weighted by Crippen LogP contribution is -2.51. The van der Waals surface area contributed by atoms with Gasteiger partial charge in [0.25, 0.3) is 0 Å². The first-order valence-corrected chi connectivity index (χ1v) is 8.61. The molecule has 2 fully saturated rings. The highest BCUT2D eigenvalue weighted by atomic mass is 32.2. The van der Waals surface area contributed by atoms with Crippen LogP contribution >= 0.6 is 11.8 Å². The van der Waals surface area contributed by atoms with Gasteiger partial charge in [-0.2, -0.15) is 20.5 Å². The van der Waals surface area contributed by atoms with Gasteiger partial charge in [0.15, 0.2) is 0 Å². The molecular formula is C14H21F4NO2S. The number of hydrogen-bond acceptors (Lipinski definition) is 3. The average molecular weight is 343 g/mol. The lowest BCUT2D eigenvalue weighted by atomic mass is 9.93. The number of rotatable bonds is 6. The third-order valence-electron chi connectivity index (χ3n) is 4.13. The predicted octanol–water partition coefficient (Wildman–Crippen LogP) is 3.18. The maximum Gasteiger partial charge on any atom is 0.330 e. The van der Waals surface area contributed by atoms with Crippen molar-refractivity contribution in [2.45, 2.75) is 55.7 Å². The molecule has 0 aromatic carbocycles. The van der Waals surface area contributed by atoms with Crippen LogP contribution in [0.1, 0.15) is 32.1 Å². The highest BCUT2D eigenvalue weighted by Gasteiger charge is 2.41. The molecule has 1 aliphatic heterocycles. The van der Waals surface area contributed by atoms with Gasteiger partial charge in [-0.25, -0.2) is 8.78 Å². The number of fused-ring (bicyclic) bond motifs is 1. The molecule has 2 aliphatic rings. The van der Waals surface area contributed by atoms with Gasteiger partial charge in [-0.3, -0.25) is 4.79 Å². The molecule has 1 heterocycles. The second-order valence-electron chi connectivity index (χ2n) is 5.71. The van der Waals surface area contributed by atoms with Crippen molar-refractivity contribution < 1.29 is 27.1 Å². The van der Waals surface area contributed by atoms with E-state index >= 15 is 0 Å². The summed E-state index contributed by atoms with van der Waals surface area (Å²) in [7, 11) is 0. The first-order valence-electron chi connectivity index (χ1n) is 7.56. The fourth-order valence-electron chi connectivity index (χ4n) is 2.98. The minimum Gasteiger partial charge on any atom is -0.374 e. The van der Waals surface area contributed by atoms with E-state index in [1.54, 1.807) is 0 Å². The van der Waals surface area contributed by atoms with E-state index in [2.05, 4.69) is 4.74 Å². The maximum absolute atomic E-state index is 12.7. The van der Waals surface area contributed by atoms with Gasteiger partial charge in [-0.1, -0.05) is 12.8 Å². The van der Waals surface area contributed by atoms with Crippen LogP contribution in [0.15, 0.2) is 0 Å². The van der Waals surface area contributed by atoms with Crippen LogP contribution in [0.5, 0.6) is 0 Å². The Labute approximate surface area is 131 Å². The topological polar surface area (TPSA) is 29.5 Å². The Kier molecular flexibility index (Phi) is 6.37. The largest absolute Gasteiger partial charge is 0.374 e. The van der Waals surface area contributed by atoms with Crippen LogP contribution in [0.25, 0.3) is 0 Å². The van der Waals surface area contributed by atoms with Crippen LogP contribution in [-0.4, -0.2) is 60.0 Å². The normalized spacial score (nSPS) is 26.1. The molecule has 1 saturated carbocycles. The Bertz CT molecular complexity index is 382. The van der Waals surface area contributed by atoms with Crippen molar-refractivity contribution in [2.75, 3.05) is 25.5 Å². The summed E-state index contributed by atoms with van der Waals surface area (Å²) in [5.74, 6) is -3.39. The molecule has 1 aliphatic carbocycles. The lowest BCUT2D eigenvalue weighted by Gasteiger charge is -2.43. The number of nitrogens with zero attached hydrogens (tertiary/aromatic N) is 1. The van der Waals surface area contributed by atoms with E-state index in [0.717, 1.165) is 25.0 Å². The number of ether oxygens (including phenoxy) is 1. The zero-order valence-electron chi connectivity index (χ0n) is 12.3. The van der Waals surface area contributed by atoms with Crippen LogP contribution in [0, 0.1) is 0 Å². The third kappa shape index (κ3) is 4.50. The predicted molar refractivity (Wildman–Crippen MR) is 76.6 cm³/mol. The fraction of sp³-hybridized carbons (Fsp3) is 0.929. The molecule has 0 aromatic rings. The minimum absolute atomic E-state index is 0.0345. The van der Waals surface area contributed by atoms with E-state index in [-0.39, 0.29) is 25.0 Å². The van der Waals surface area contributed by atoms with E-state index in [1.807, 2.05) is 16.7 Å². The zero-order chi connectivity index (χ0) is 16.2. The van der Waals surface area contributed by atoms with Gasteiger partial charge in [0.1, 0.15) is 6.61 Å². The van der Waals surface area contributed by atoms with Crippen LogP contribution in [-0.2, 0) is 9.53 Å². The van der Waals surface area contributed by atoms with Crippen LogP contribution in [0.3, 0.4) is 0 Å². The van der Waals surface area contributed by atoms with Crippen LogP contribution in [0.2, 0.25) is 0 Å². The lowest BCUT2D eigenvalue weighted by molar-refractivity contribution is -0.167. The maximum atomic E-state index is 12.7. The van der Waals surface area contributed by atoms with Crippen molar-refractivity contribution in [2.24, 2.45) is 0 Å². The summed E-state index contributed by atoms with van der Waals surface area (Å²) < 4.78 is 53.9. The molecule has 2 rings (SSSR count). The average Bonchev–Trinajstić information content (AvgIpc) is 2.50. The number of carbonyl (C=O) groups excluding carboxylic acids is 1. The zero-order valence-corrected chi connectivity index (χ0v) is 13.1. The molecule has 8 heteroatoms. The van der Waals surface area contributed by atoms with Crippen molar-refractivity contribution in [3.05, 3.63) is 0 Å². The van der Waals surface area contributed by atoms with Gasteiger partial charge in [-0.15, -0.1) is 0 Å². The third-order valence-corrected chi connectivity index (χ3v) is 5.52. The Morgan fingerprint density at radius 2 is 2.05 bits per heavy atom. The number of halogens is 4. The number of amides is 1. The molecule has 0 bridgehead atoms. The first-order chi connectivity index (χ1) is 10.4. The van der Waals surface area contributed by atoms with E-state index < -0.39 is 19.0 Å². The summed E-state index contributed by atoms with van der Waals surface area (Å²) in [5, 5.41) is 0.468. The highest BCUT2D eigenvalue weighted by Crippen LogP contribution is 2.35. The van der Waals surface area contributed by atoms with E-state index in [0.29, 0.717) is 11.8 Å². The van der Waals surface area contributed by atoms with Crippen molar-refractivity contribution in [3.63, 3.8) is 0 Å². The quantitative estimate of drug-likeness (QED) is 0.548. The molecule has 1 saturated heterocycles. The van der Waals surface area contributed by atoms with Crippen LogP contribution < -0.4 is 0 Å². The van der Waals surface area contributed by atoms with Crippen molar-refractivity contribution in [3.8, 4) is 0 Å². The summed E-state index contributed by atoms with van der Waals surface area (Å²) in [6.45, 7) is -0.931. The van der Waals surface area contributed by atoms with E-state index in [4.69, 9.17) is 0 Å². The summed E-state index contributed by atoms with van der Waals surface area (Å²) >= 11 is 1.90. The number of carbonyl (C=O) groups is 1. The molecule has 3 nitrogen and oxygen atoms in total. The fourth-order valence-corrected chi connectivity index (χ4v) is 4.42. The molecular weight excluding hydrogens is 322 g/mol. The van der Waals surface area contributed by atoms with Crippen LogP contribution in [0.4, 0.5) is 17.6 Å². The van der Waals surface area contributed by atoms with Crippen molar-refractivity contribution in [1.82, 2.24) is 4.90 Å². The first kappa shape index (κ1) is 17.8. The number of alkyl halides is 4. The summed E-state index contributed by atoms with van der Waals surface area (Å²) in [4.78, 5) is 14.0. The summed E-state index contributed by atoms with van der Waals surface area (Å²) in [6, 6.07) is 0.225. The number of hydrogen-bond donors (Lipinski definition) is 0. The smallest absolute Gasteiger partial charge is 0.330 e. The van der Waals surface area contributed by atoms with Gasteiger partial charge >= 0.3 is 12.3 Å². The van der Waals surface area contributed by atoms with Gasteiger partial charge < -0.3 is 9.64 Å². The monoisotopic (exact) mass is 343 g/mol. The van der Waals surface area contributed by atoms with E-state index in [1.165, 1.54) is 6.42 Å². The summed E-state index contributed by atoms with van der Waals surface area (Å²) in [6.07, 6.45) is 0.590. The van der Waals surface area contributed by atoms with E-state index in [9.17, 15) is 22.4 Å². The van der Waals surface area contributed by atoms with Gasteiger partial charge in [0.2, 0.25) is 5.91 Å². The van der Waals surface area contributed by atoms with Gasteiger partial charge in [0.05, 0.1) is 13.0 Å². The second-order valence-corrected chi connectivity index (χ2v) is 7.06.